The molecule has 3 heterocycles. The third-order valence-electron chi connectivity index (χ3n) is 7.67. The molecule has 0 unspecified atom stereocenters. The van der Waals surface area contributed by atoms with E-state index in [1.165, 1.54) is 22.8 Å². The van der Waals surface area contributed by atoms with Crippen molar-refractivity contribution >= 4 is 29.4 Å². The zero-order valence-electron chi connectivity index (χ0n) is 22.8. The number of aromatic nitrogens is 2. The van der Waals surface area contributed by atoms with Crippen LogP contribution in [0.15, 0.2) is 60.8 Å². The second-order valence-corrected chi connectivity index (χ2v) is 10.9. The van der Waals surface area contributed by atoms with Gasteiger partial charge in [-0.3, -0.25) is 19.9 Å². The molecule has 2 aliphatic heterocycles. The lowest BCUT2D eigenvalue weighted by Gasteiger charge is -2.26. The van der Waals surface area contributed by atoms with E-state index < -0.39 is 6.03 Å². The largest absolute Gasteiger partial charge is 0.489 e. The molecule has 6 rings (SSSR count). The first-order chi connectivity index (χ1) is 19.8. The van der Waals surface area contributed by atoms with E-state index >= 15 is 0 Å². The predicted molar refractivity (Wildman–Crippen MR) is 154 cm³/mol. The van der Waals surface area contributed by atoms with Gasteiger partial charge in [0.15, 0.2) is 0 Å². The summed E-state index contributed by atoms with van der Waals surface area (Å²) in [5, 5.41) is 2.72. The third kappa shape index (κ3) is 5.42. The Balaban J connectivity index is 1.12. The Labute approximate surface area is 242 Å². The fraction of sp³-hybridized carbons (Fsp3) is 0.258. The van der Waals surface area contributed by atoms with Crippen LogP contribution in [0.2, 0.25) is 5.02 Å². The number of hydrogen-bond donors (Lipinski definition) is 1. The Hall–Kier alpha value is -4.21. The number of aryl methyl sites for hydroxylation is 1. The summed E-state index contributed by atoms with van der Waals surface area (Å²) in [4.78, 5) is 32.5. The number of carbonyl (C=O) groups is 2. The van der Waals surface area contributed by atoms with Crippen LogP contribution in [0.25, 0.3) is 11.4 Å². The van der Waals surface area contributed by atoms with Crippen molar-refractivity contribution < 1.29 is 18.7 Å². The molecule has 0 aliphatic carbocycles. The highest BCUT2D eigenvalue weighted by molar-refractivity contribution is 6.31. The van der Waals surface area contributed by atoms with Gasteiger partial charge in [0.05, 0.1) is 11.2 Å². The molecule has 0 radical (unpaired) electrons. The van der Waals surface area contributed by atoms with Gasteiger partial charge in [-0.2, -0.15) is 0 Å². The summed E-state index contributed by atoms with van der Waals surface area (Å²) in [6, 6.07) is 16.3. The van der Waals surface area contributed by atoms with E-state index in [0.29, 0.717) is 28.7 Å². The van der Waals surface area contributed by atoms with Crippen molar-refractivity contribution in [1.29, 1.82) is 0 Å². The van der Waals surface area contributed by atoms with E-state index in [1.54, 1.807) is 23.2 Å². The molecule has 1 aromatic heterocycles. The summed E-state index contributed by atoms with van der Waals surface area (Å²) in [5.74, 6) is 1.43. The highest BCUT2D eigenvalue weighted by Crippen LogP contribution is 2.33. The lowest BCUT2D eigenvalue weighted by Crippen LogP contribution is -2.50. The molecule has 1 fully saturated rings. The van der Waals surface area contributed by atoms with E-state index in [9.17, 15) is 14.0 Å². The Morgan fingerprint density at radius 3 is 2.66 bits per heavy atom. The predicted octanol–water partition coefficient (Wildman–Crippen LogP) is 5.73. The van der Waals surface area contributed by atoms with E-state index in [-0.39, 0.29) is 24.8 Å². The van der Waals surface area contributed by atoms with Gasteiger partial charge in [-0.1, -0.05) is 29.8 Å². The quantitative estimate of drug-likeness (QED) is 0.305. The molecule has 2 aliphatic rings. The molecular weight excluding hydrogens is 545 g/mol. The van der Waals surface area contributed by atoms with Gasteiger partial charge in [-0.05, 0) is 65.6 Å². The van der Waals surface area contributed by atoms with Gasteiger partial charge in [0, 0.05) is 50.8 Å². The smallest absolute Gasteiger partial charge is 0.329 e. The maximum Gasteiger partial charge on any atom is 0.329 e. The Kier molecular flexibility index (Phi) is 7.23. The molecule has 0 saturated carbocycles. The van der Waals surface area contributed by atoms with E-state index in [1.807, 2.05) is 35.9 Å². The van der Waals surface area contributed by atoms with Crippen molar-refractivity contribution in [2.45, 2.75) is 39.6 Å². The number of imidazole rings is 1. The molecule has 0 bridgehead atoms. The minimum Gasteiger partial charge on any atom is -0.489 e. The van der Waals surface area contributed by atoms with Crippen molar-refractivity contribution in [1.82, 2.24) is 19.8 Å². The zero-order valence-corrected chi connectivity index (χ0v) is 23.5. The standard InChI is InChI=1S/C31H29ClFN5O3/c1-19-12-21(30-34-14-29(36(30)2)38-11-10-28(39)35-31(38)40)13-22-16-37(17-24(19)22)15-20-6-8-23(9-7-20)41-18-25-26(32)4-3-5-27(25)33/h3-9,12-14H,10-11,15-18H2,1-2H3,(H,35,39,40). The molecule has 1 N–H and O–H groups in total. The minimum absolute atomic E-state index is 0.0658. The van der Waals surface area contributed by atoms with Crippen LogP contribution in [0, 0.1) is 12.7 Å². The van der Waals surface area contributed by atoms with Gasteiger partial charge < -0.3 is 9.30 Å². The monoisotopic (exact) mass is 573 g/mol. The molecule has 4 aromatic rings. The van der Waals surface area contributed by atoms with Gasteiger partial charge >= 0.3 is 6.03 Å². The lowest BCUT2D eigenvalue weighted by molar-refractivity contribution is -0.120. The average molecular weight is 574 g/mol. The zero-order chi connectivity index (χ0) is 28.7. The molecule has 0 spiro atoms. The van der Waals surface area contributed by atoms with Crippen LogP contribution in [0.1, 0.15) is 34.2 Å². The number of fused-ring (bicyclic) bond motifs is 1. The second kappa shape index (κ2) is 11.0. The second-order valence-electron chi connectivity index (χ2n) is 10.5. The van der Waals surface area contributed by atoms with Crippen molar-refractivity contribution in [3.05, 3.63) is 99.5 Å². The van der Waals surface area contributed by atoms with Gasteiger partial charge in [0.25, 0.3) is 0 Å². The lowest BCUT2D eigenvalue weighted by atomic mass is 10.0. The van der Waals surface area contributed by atoms with Gasteiger partial charge in [-0.15, -0.1) is 0 Å². The number of hydrogen-bond acceptors (Lipinski definition) is 5. The number of nitrogens with one attached hydrogen (secondary N) is 1. The molecule has 41 heavy (non-hydrogen) atoms. The van der Waals surface area contributed by atoms with Crippen LogP contribution in [0.5, 0.6) is 5.75 Å². The van der Waals surface area contributed by atoms with Gasteiger partial charge in [0.1, 0.15) is 29.8 Å². The van der Waals surface area contributed by atoms with Crippen LogP contribution in [-0.4, -0.2) is 32.9 Å². The molecule has 210 valence electrons. The van der Waals surface area contributed by atoms with E-state index in [2.05, 4.69) is 34.3 Å². The maximum absolute atomic E-state index is 14.0. The average Bonchev–Trinajstić information content (AvgIpc) is 3.52. The fourth-order valence-corrected chi connectivity index (χ4v) is 5.71. The summed E-state index contributed by atoms with van der Waals surface area (Å²) in [6.45, 7) is 4.94. The van der Waals surface area contributed by atoms with Crippen molar-refractivity contribution in [2.75, 3.05) is 11.4 Å². The van der Waals surface area contributed by atoms with Crippen molar-refractivity contribution in [2.24, 2.45) is 7.05 Å². The number of carbonyl (C=O) groups excluding carboxylic acids is 2. The summed E-state index contributed by atoms with van der Waals surface area (Å²) in [5.41, 5.74) is 6.26. The third-order valence-corrected chi connectivity index (χ3v) is 8.02. The van der Waals surface area contributed by atoms with Gasteiger partial charge in [0.2, 0.25) is 5.91 Å². The molecule has 0 atom stereocenters. The van der Waals surface area contributed by atoms with Crippen molar-refractivity contribution in [3.8, 4) is 17.1 Å². The van der Waals surface area contributed by atoms with Crippen LogP contribution < -0.4 is 15.0 Å². The number of urea groups is 1. The van der Waals surface area contributed by atoms with Crippen molar-refractivity contribution in [3.63, 3.8) is 0 Å². The summed E-state index contributed by atoms with van der Waals surface area (Å²) < 4.78 is 21.7. The summed E-state index contributed by atoms with van der Waals surface area (Å²) in [6.07, 6.45) is 1.94. The molecule has 1 saturated heterocycles. The van der Waals surface area contributed by atoms with E-state index in [0.717, 1.165) is 36.6 Å². The number of imide groups is 1. The minimum atomic E-state index is -0.425. The highest BCUT2D eigenvalue weighted by atomic mass is 35.5. The van der Waals surface area contributed by atoms with Crippen LogP contribution >= 0.6 is 11.6 Å². The number of anilines is 1. The number of nitrogens with zero attached hydrogens (tertiary/aromatic N) is 4. The molecule has 3 aromatic carbocycles. The van der Waals surface area contributed by atoms with Crippen LogP contribution in [0.4, 0.5) is 15.0 Å². The number of halogens is 2. The molecule has 8 nitrogen and oxygen atoms in total. The van der Waals surface area contributed by atoms with Crippen LogP contribution in [-0.2, 0) is 38.1 Å². The summed E-state index contributed by atoms with van der Waals surface area (Å²) >= 11 is 6.10. The number of rotatable bonds is 7. The molecule has 10 heteroatoms. The van der Waals surface area contributed by atoms with Gasteiger partial charge in [-0.25, -0.2) is 14.2 Å². The van der Waals surface area contributed by atoms with Crippen LogP contribution in [0.3, 0.4) is 0 Å². The first kappa shape index (κ1) is 27.0. The Bertz CT molecular complexity index is 1630. The maximum atomic E-state index is 14.0. The Morgan fingerprint density at radius 1 is 1.10 bits per heavy atom. The number of amides is 3. The molecule has 3 amide bonds. The highest BCUT2D eigenvalue weighted by Gasteiger charge is 2.28. The first-order valence-corrected chi connectivity index (χ1v) is 13.8. The Morgan fingerprint density at radius 2 is 1.90 bits per heavy atom. The van der Waals surface area contributed by atoms with E-state index in [4.69, 9.17) is 16.3 Å². The SMILES string of the molecule is Cc1cc(-c2ncc(N3CCC(=O)NC3=O)n2C)cc2c1CN(Cc1ccc(OCc3c(F)cccc3Cl)cc1)C2. The normalized spacial score (nSPS) is 15.3. The number of benzene rings is 3. The first-order valence-electron chi connectivity index (χ1n) is 13.4. The fourth-order valence-electron chi connectivity index (χ4n) is 5.50. The topological polar surface area (TPSA) is 79.7 Å². The molecular formula is C31H29ClFN5O3. The number of ether oxygens (including phenoxy) is 1. The summed E-state index contributed by atoms with van der Waals surface area (Å²) in [7, 11) is 1.88.